The summed E-state index contributed by atoms with van der Waals surface area (Å²) in [5.74, 6) is -0.301. The van der Waals surface area contributed by atoms with Crippen molar-refractivity contribution in [2.75, 3.05) is 12.3 Å². The van der Waals surface area contributed by atoms with Crippen LogP contribution < -0.4 is 5.73 Å². The summed E-state index contributed by atoms with van der Waals surface area (Å²) in [6.07, 6.45) is 0.601. The molecule has 0 unspecified atom stereocenters. The fourth-order valence-electron chi connectivity index (χ4n) is 1.02. The summed E-state index contributed by atoms with van der Waals surface area (Å²) < 4.78 is 9.45. The first-order valence-corrected chi connectivity index (χ1v) is 4.11. The normalized spacial score (nSPS) is 10.0. The molecule has 0 bridgehead atoms. The van der Waals surface area contributed by atoms with Gasteiger partial charge in [0.25, 0.3) is 0 Å². The first kappa shape index (κ1) is 9.57. The zero-order chi connectivity index (χ0) is 9.84. The summed E-state index contributed by atoms with van der Waals surface area (Å²) in [7, 11) is 0. The average molecular weight is 184 g/mol. The number of hydrogen-bond donors (Lipinski definition) is 1. The van der Waals surface area contributed by atoms with Gasteiger partial charge in [-0.1, -0.05) is 12.1 Å². The fourth-order valence-corrected chi connectivity index (χ4v) is 1.02. The zero-order valence-corrected chi connectivity index (χ0v) is 7.66. The molecule has 72 valence electrons. The fraction of sp³-hybridized carbons (Fsp3) is 0.500. The second-order valence-electron chi connectivity index (χ2n) is 2.45. The highest BCUT2D eigenvalue weighted by atomic mass is 16.5. The van der Waals surface area contributed by atoms with Gasteiger partial charge in [0, 0.05) is 0 Å². The molecule has 0 radical (unpaired) electrons. The predicted molar refractivity (Wildman–Crippen MR) is 46.2 cm³/mol. The van der Waals surface area contributed by atoms with Gasteiger partial charge >= 0.3 is 5.97 Å². The minimum Gasteiger partial charge on any atom is -0.461 e. The van der Waals surface area contributed by atoms with Crippen molar-refractivity contribution in [1.82, 2.24) is 5.16 Å². The SMILES string of the molecule is CCOC(=O)c1noc(N)c1CC. The van der Waals surface area contributed by atoms with E-state index in [4.69, 9.17) is 10.5 Å². The van der Waals surface area contributed by atoms with Gasteiger partial charge in [0.2, 0.25) is 5.88 Å². The number of carbonyl (C=O) groups is 1. The van der Waals surface area contributed by atoms with E-state index in [1.54, 1.807) is 6.92 Å². The number of hydrogen-bond acceptors (Lipinski definition) is 5. The molecule has 2 N–H and O–H groups in total. The smallest absolute Gasteiger partial charge is 0.360 e. The molecule has 1 heterocycles. The monoisotopic (exact) mass is 184 g/mol. The Hall–Kier alpha value is -1.52. The Bertz CT molecular complexity index is 306. The lowest BCUT2D eigenvalue weighted by Gasteiger charge is -1.98. The molecule has 1 rings (SSSR count). The van der Waals surface area contributed by atoms with Crippen molar-refractivity contribution in [3.05, 3.63) is 11.3 Å². The number of carbonyl (C=O) groups excluding carboxylic acids is 1. The number of nitrogens with two attached hydrogens (primary N) is 1. The molecular formula is C8H12N2O3. The molecule has 1 aromatic rings. The van der Waals surface area contributed by atoms with E-state index in [1.807, 2.05) is 6.92 Å². The molecule has 0 atom stereocenters. The van der Waals surface area contributed by atoms with E-state index >= 15 is 0 Å². The van der Waals surface area contributed by atoms with Crippen LogP contribution in [0.5, 0.6) is 0 Å². The first-order valence-electron chi connectivity index (χ1n) is 4.11. The Morgan fingerprint density at radius 3 is 2.85 bits per heavy atom. The lowest BCUT2D eigenvalue weighted by Crippen LogP contribution is -2.07. The van der Waals surface area contributed by atoms with Crippen LogP contribution in [-0.2, 0) is 11.2 Å². The van der Waals surface area contributed by atoms with Gasteiger partial charge in [-0.25, -0.2) is 4.79 Å². The van der Waals surface area contributed by atoms with E-state index in [0.29, 0.717) is 18.6 Å². The van der Waals surface area contributed by atoms with E-state index in [1.165, 1.54) is 0 Å². The molecule has 0 aromatic carbocycles. The van der Waals surface area contributed by atoms with E-state index in [9.17, 15) is 4.79 Å². The lowest BCUT2D eigenvalue weighted by molar-refractivity contribution is 0.0513. The van der Waals surface area contributed by atoms with E-state index < -0.39 is 5.97 Å². The minimum absolute atomic E-state index is 0.182. The molecular weight excluding hydrogens is 172 g/mol. The van der Waals surface area contributed by atoms with Gasteiger partial charge in [0.1, 0.15) is 0 Å². The molecule has 1 aromatic heterocycles. The molecule has 0 aliphatic heterocycles. The molecule has 0 aliphatic carbocycles. The highest BCUT2D eigenvalue weighted by Crippen LogP contribution is 2.17. The molecule has 5 heteroatoms. The van der Waals surface area contributed by atoms with Gasteiger partial charge in [0.15, 0.2) is 5.69 Å². The van der Waals surface area contributed by atoms with Crippen LogP contribution >= 0.6 is 0 Å². The molecule has 0 saturated heterocycles. The van der Waals surface area contributed by atoms with Crippen LogP contribution in [0.4, 0.5) is 5.88 Å². The number of rotatable bonds is 3. The second-order valence-corrected chi connectivity index (χ2v) is 2.45. The quantitative estimate of drug-likeness (QED) is 0.709. The molecule has 13 heavy (non-hydrogen) atoms. The molecule has 0 spiro atoms. The highest BCUT2D eigenvalue weighted by molar-refractivity contribution is 5.89. The minimum atomic E-state index is -0.486. The summed E-state index contributed by atoms with van der Waals surface area (Å²) in [5, 5.41) is 3.53. The van der Waals surface area contributed by atoms with Gasteiger partial charge in [-0.2, -0.15) is 0 Å². The van der Waals surface area contributed by atoms with Crippen molar-refractivity contribution in [3.8, 4) is 0 Å². The third kappa shape index (κ3) is 1.80. The standard InChI is InChI=1S/C8H12N2O3/c1-3-5-6(8(11)12-4-2)10-13-7(5)9/h3-4,9H2,1-2H3. The number of aromatic nitrogens is 1. The second kappa shape index (κ2) is 3.93. The Balaban J connectivity index is 2.93. The summed E-state index contributed by atoms with van der Waals surface area (Å²) in [6, 6.07) is 0. The van der Waals surface area contributed by atoms with Gasteiger partial charge in [-0.05, 0) is 13.3 Å². The Kier molecular flexibility index (Phi) is 2.89. The third-order valence-corrected chi connectivity index (χ3v) is 1.64. The van der Waals surface area contributed by atoms with Crippen molar-refractivity contribution >= 4 is 11.9 Å². The Labute approximate surface area is 75.8 Å². The molecule has 5 nitrogen and oxygen atoms in total. The molecule has 0 aliphatic rings. The van der Waals surface area contributed by atoms with Gasteiger partial charge in [-0.15, -0.1) is 0 Å². The number of nitrogen functional groups attached to an aromatic ring is 1. The van der Waals surface area contributed by atoms with Crippen molar-refractivity contribution < 1.29 is 14.1 Å². The highest BCUT2D eigenvalue weighted by Gasteiger charge is 2.19. The Morgan fingerprint density at radius 2 is 2.31 bits per heavy atom. The number of esters is 1. The number of anilines is 1. The van der Waals surface area contributed by atoms with Crippen molar-refractivity contribution in [3.63, 3.8) is 0 Å². The topological polar surface area (TPSA) is 78.3 Å². The molecule has 0 saturated carbocycles. The van der Waals surface area contributed by atoms with Crippen LogP contribution in [0.1, 0.15) is 29.9 Å². The van der Waals surface area contributed by atoms with Crippen LogP contribution in [0.3, 0.4) is 0 Å². The van der Waals surface area contributed by atoms with Crippen LogP contribution in [0.25, 0.3) is 0 Å². The van der Waals surface area contributed by atoms with E-state index in [0.717, 1.165) is 0 Å². The number of ether oxygens (including phenoxy) is 1. The van der Waals surface area contributed by atoms with Crippen LogP contribution in [0, 0.1) is 0 Å². The number of nitrogens with zero attached hydrogens (tertiary/aromatic N) is 1. The first-order chi connectivity index (χ1) is 6.20. The van der Waals surface area contributed by atoms with Gasteiger partial charge in [-0.3, -0.25) is 0 Å². The average Bonchev–Trinajstić information content (AvgIpc) is 2.47. The summed E-state index contributed by atoms with van der Waals surface area (Å²) in [4.78, 5) is 11.2. The van der Waals surface area contributed by atoms with Crippen LogP contribution in [0.2, 0.25) is 0 Å². The van der Waals surface area contributed by atoms with Crippen molar-refractivity contribution in [1.29, 1.82) is 0 Å². The molecule has 0 amide bonds. The zero-order valence-electron chi connectivity index (χ0n) is 7.66. The van der Waals surface area contributed by atoms with E-state index in [2.05, 4.69) is 9.68 Å². The lowest BCUT2D eigenvalue weighted by atomic mass is 10.2. The van der Waals surface area contributed by atoms with Crippen LogP contribution in [-0.4, -0.2) is 17.7 Å². The maximum atomic E-state index is 11.2. The summed E-state index contributed by atoms with van der Waals surface area (Å²) >= 11 is 0. The molecule has 0 fully saturated rings. The maximum absolute atomic E-state index is 11.2. The third-order valence-electron chi connectivity index (χ3n) is 1.64. The van der Waals surface area contributed by atoms with Gasteiger partial charge < -0.3 is 15.0 Å². The largest absolute Gasteiger partial charge is 0.461 e. The maximum Gasteiger partial charge on any atom is 0.360 e. The van der Waals surface area contributed by atoms with Crippen molar-refractivity contribution in [2.45, 2.75) is 20.3 Å². The van der Waals surface area contributed by atoms with Crippen molar-refractivity contribution in [2.24, 2.45) is 0 Å². The predicted octanol–water partition coefficient (Wildman–Crippen LogP) is 0.996. The van der Waals surface area contributed by atoms with Crippen LogP contribution in [0.15, 0.2) is 4.52 Å². The van der Waals surface area contributed by atoms with Gasteiger partial charge in [0.05, 0.1) is 12.2 Å². The van der Waals surface area contributed by atoms with E-state index in [-0.39, 0.29) is 11.6 Å². The summed E-state index contributed by atoms with van der Waals surface area (Å²) in [5.41, 5.74) is 6.24. The Morgan fingerprint density at radius 1 is 1.62 bits per heavy atom. The summed E-state index contributed by atoms with van der Waals surface area (Å²) in [6.45, 7) is 3.91.